The summed E-state index contributed by atoms with van der Waals surface area (Å²) < 4.78 is 1.51. The van der Waals surface area contributed by atoms with E-state index in [4.69, 9.17) is 11.6 Å². The highest BCUT2D eigenvalue weighted by atomic mass is 35.5. The van der Waals surface area contributed by atoms with Crippen LogP contribution in [0.25, 0.3) is 0 Å². The van der Waals surface area contributed by atoms with E-state index in [0.29, 0.717) is 18.1 Å². The molecule has 1 atom stereocenters. The number of rotatable bonds is 5. The summed E-state index contributed by atoms with van der Waals surface area (Å²) >= 11 is 5.95. The van der Waals surface area contributed by atoms with Gasteiger partial charge in [0, 0.05) is 36.9 Å². The van der Waals surface area contributed by atoms with E-state index in [1.54, 1.807) is 4.90 Å². The SMILES string of the molecule is O=C(c1ncn(C[C@H](O)c2ccccc2)n1)N1CCN(c2ccc(Cl)cc2)CC1. The molecule has 0 unspecified atom stereocenters. The summed E-state index contributed by atoms with van der Waals surface area (Å²) in [6.45, 7) is 2.92. The number of aromatic nitrogens is 3. The molecule has 1 aliphatic heterocycles. The Morgan fingerprint density at radius 1 is 1.03 bits per heavy atom. The number of hydrogen-bond acceptors (Lipinski definition) is 5. The Bertz CT molecular complexity index is 953. The minimum absolute atomic E-state index is 0.158. The van der Waals surface area contributed by atoms with E-state index in [9.17, 15) is 9.90 Å². The first-order valence-electron chi connectivity index (χ1n) is 9.52. The molecule has 4 rings (SSSR count). The Hall–Kier alpha value is -2.90. The zero-order valence-electron chi connectivity index (χ0n) is 15.9. The van der Waals surface area contributed by atoms with Crippen molar-refractivity contribution >= 4 is 23.2 Å². The number of hydrogen-bond donors (Lipinski definition) is 1. The van der Waals surface area contributed by atoms with Gasteiger partial charge in [0.25, 0.3) is 5.91 Å². The van der Waals surface area contributed by atoms with Gasteiger partial charge in [0.1, 0.15) is 6.33 Å². The van der Waals surface area contributed by atoms with Crippen molar-refractivity contribution in [3.8, 4) is 0 Å². The van der Waals surface area contributed by atoms with Crippen LogP contribution in [0, 0.1) is 0 Å². The van der Waals surface area contributed by atoms with Gasteiger partial charge in [-0.25, -0.2) is 9.67 Å². The monoisotopic (exact) mass is 411 g/mol. The first-order chi connectivity index (χ1) is 14.1. The minimum atomic E-state index is -0.705. The van der Waals surface area contributed by atoms with Crippen LogP contribution in [-0.4, -0.2) is 56.9 Å². The molecule has 7 nitrogen and oxygen atoms in total. The Balaban J connectivity index is 1.34. The van der Waals surface area contributed by atoms with Crippen LogP contribution in [-0.2, 0) is 6.54 Å². The van der Waals surface area contributed by atoms with Gasteiger partial charge in [-0.1, -0.05) is 41.9 Å². The largest absolute Gasteiger partial charge is 0.386 e. The summed E-state index contributed by atoms with van der Waals surface area (Å²) in [5, 5.41) is 15.3. The summed E-state index contributed by atoms with van der Waals surface area (Å²) in [5.41, 5.74) is 1.90. The molecule has 1 aromatic heterocycles. The van der Waals surface area contributed by atoms with Crippen molar-refractivity contribution in [2.45, 2.75) is 12.6 Å². The first kappa shape index (κ1) is 19.4. The van der Waals surface area contributed by atoms with Gasteiger partial charge in [-0.3, -0.25) is 4.79 Å². The number of anilines is 1. The van der Waals surface area contributed by atoms with Crippen LogP contribution in [0.1, 0.15) is 22.3 Å². The quantitative estimate of drug-likeness (QED) is 0.698. The number of benzene rings is 2. The molecule has 150 valence electrons. The molecule has 1 fully saturated rings. The van der Waals surface area contributed by atoms with Gasteiger partial charge in [0.15, 0.2) is 0 Å². The second-order valence-electron chi connectivity index (χ2n) is 6.97. The van der Waals surface area contributed by atoms with Crippen molar-refractivity contribution < 1.29 is 9.90 Å². The molecule has 1 N–H and O–H groups in total. The molecule has 1 aliphatic rings. The lowest BCUT2D eigenvalue weighted by atomic mass is 10.1. The summed E-state index contributed by atoms with van der Waals surface area (Å²) in [7, 11) is 0. The third kappa shape index (κ3) is 4.58. The predicted octanol–water partition coefficient (Wildman–Crippen LogP) is 2.63. The fourth-order valence-electron chi connectivity index (χ4n) is 3.40. The third-order valence-electron chi connectivity index (χ3n) is 5.03. The van der Waals surface area contributed by atoms with E-state index < -0.39 is 6.10 Å². The second-order valence-corrected chi connectivity index (χ2v) is 7.41. The van der Waals surface area contributed by atoms with Gasteiger partial charge in [0.05, 0.1) is 12.6 Å². The highest BCUT2D eigenvalue weighted by molar-refractivity contribution is 6.30. The summed E-state index contributed by atoms with van der Waals surface area (Å²) in [5.74, 6) is -0.0288. The molecule has 1 amide bonds. The number of carbonyl (C=O) groups is 1. The topological polar surface area (TPSA) is 74.5 Å². The smallest absolute Gasteiger partial charge is 0.293 e. The van der Waals surface area contributed by atoms with E-state index in [-0.39, 0.29) is 18.3 Å². The van der Waals surface area contributed by atoms with Crippen molar-refractivity contribution in [3.05, 3.63) is 77.3 Å². The van der Waals surface area contributed by atoms with Crippen LogP contribution in [0.15, 0.2) is 60.9 Å². The maximum absolute atomic E-state index is 12.7. The second kappa shape index (κ2) is 8.63. The highest BCUT2D eigenvalue weighted by Gasteiger charge is 2.25. The van der Waals surface area contributed by atoms with Crippen LogP contribution in [0.3, 0.4) is 0 Å². The average Bonchev–Trinajstić information content (AvgIpc) is 3.23. The Morgan fingerprint density at radius 2 is 1.72 bits per heavy atom. The molecule has 0 bridgehead atoms. The zero-order valence-corrected chi connectivity index (χ0v) is 16.6. The number of amides is 1. The zero-order chi connectivity index (χ0) is 20.2. The molecule has 2 heterocycles. The number of aliphatic hydroxyl groups excluding tert-OH is 1. The average molecular weight is 412 g/mol. The van der Waals surface area contributed by atoms with E-state index in [1.807, 2.05) is 54.6 Å². The number of aliphatic hydroxyl groups is 1. The van der Waals surface area contributed by atoms with Gasteiger partial charge < -0.3 is 14.9 Å². The maximum atomic E-state index is 12.7. The van der Waals surface area contributed by atoms with Gasteiger partial charge in [-0.15, -0.1) is 5.10 Å². The number of halogens is 1. The van der Waals surface area contributed by atoms with Crippen LogP contribution in [0.5, 0.6) is 0 Å². The van der Waals surface area contributed by atoms with Gasteiger partial charge in [-0.05, 0) is 29.8 Å². The van der Waals surface area contributed by atoms with Crippen molar-refractivity contribution in [3.63, 3.8) is 0 Å². The molecule has 2 aromatic carbocycles. The van der Waals surface area contributed by atoms with Crippen LogP contribution in [0.2, 0.25) is 5.02 Å². The molecule has 29 heavy (non-hydrogen) atoms. The summed E-state index contributed by atoms with van der Waals surface area (Å²) in [6, 6.07) is 17.1. The standard InChI is InChI=1S/C21H22ClN5O2/c22-17-6-8-18(9-7-17)25-10-12-26(13-11-25)21(29)20-23-15-27(24-20)14-19(28)16-4-2-1-3-5-16/h1-9,15,19,28H,10-14H2/t19-/m0/s1. The molecule has 0 aliphatic carbocycles. The van der Waals surface area contributed by atoms with Gasteiger partial charge in [-0.2, -0.15) is 0 Å². The minimum Gasteiger partial charge on any atom is -0.386 e. The Labute approximate surface area is 174 Å². The van der Waals surface area contributed by atoms with Crippen LogP contribution < -0.4 is 4.90 Å². The fourth-order valence-corrected chi connectivity index (χ4v) is 3.53. The molecule has 8 heteroatoms. The third-order valence-corrected chi connectivity index (χ3v) is 5.28. The Morgan fingerprint density at radius 3 is 2.41 bits per heavy atom. The van der Waals surface area contributed by atoms with E-state index in [0.717, 1.165) is 24.3 Å². The van der Waals surface area contributed by atoms with Gasteiger partial charge >= 0.3 is 0 Å². The van der Waals surface area contributed by atoms with E-state index >= 15 is 0 Å². The maximum Gasteiger partial charge on any atom is 0.293 e. The molecule has 1 saturated heterocycles. The number of carbonyl (C=O) groups excluding carboxylic acids is 1. The van der Waals surface area contributed by atoms with E-state index in [1.165, 1.54) is 11.0 Å². The number of nitrogens with zero attached hydrogens (tertiary/aromatic N) is 5. The lowest BCUT2D eigenvalue weighted by molar-refractivity contribution is 0.0733. The summed E-state index contributed by atoms with van der Waals surface area (Å²) in [6.07, 6.45) is 0.785. The molecule has 0 radical (unpaired) electrons. The molecule has 0 spiro atoms. The molecule has 0 saturated carbocycles. The predicted molar refractivity (Wildman–Crippen MR) is 111 cm³/mol. The van der Waals surface area contributed by atoms with Crippen molar-refractivity contribution in [2.24, 2.45) is 0 Å². The van der Waals surface area contributed by atoms with Crippen LogP contribution in [0.4, 0.5) is 5.69 Å². The summed E-state index contributed by atoms with van der Waals surface area (Å²) in [4.78, 5) is 20.9. The lowest BCUT2D eigenvalue weighted by Gasteiger charge is -2.35. The van der Waals surface area contributed by atoms with Gasteiger partial charge in [0.2, 0.25) is 5.82 Å². The highest BCUT2D eigenvalue weighted by Crippen LogP contribution is 2.20. The fraction of sp³-hybridized carbons (Fsp3) is 0.286. The van der Waals surface area contributed by atoms with Crippen molar-refractivity contribution in [1.82, 2.24) is 19.7 Å². The molecule has 3 aromatic rings. The van der Waals surface area contributed by atoms with E-state index in [2.05, 4.69) is 15.0 Å². The van der Waals surface area contributed by atoms with Crippen molar-refractivity contribution in [1.29, 1.82) is 0 Å². The molecular formula is C21H22ClN5O2. The first-order valence-corrected chi connectivity index (χ1v) is 9.90. The molecular weight excluding hydrogens is 390 g/mol. The number of piperazine rings is 1. The lowest BCUT2D eigenvalue weighted by Crippen LogP contribution is -2.49. The Kier molecular flexibility index (Phi) is 5.78. The normalized spacial score (nSPS) is 15.4. The van der Waals surface area contributed by atoms with Crippen LogP contribution >= 0.6 is 11.6 Å². The van der Waals surface area contributed by atoms with Crippen molar-refractivity contribution in [2.75, 3.05) is 31.1 Å².